The van der Waals surface area contributed by atoms with E-state index in [1.165, 1.54) is 28.1 Å². The summed E-state index contributed by atoms with van der Waals surface area (Å²) in [6, 6.07) is 30.6. The molecule has 0 atom stereocenters. The average Bonchev–Trinajstić information content (AvgIpc) is 3.40. The second kappa shape index (κ2) is 9.10. The Bertz CT molecular complexity index is 1670. The minimum absolute atomic E-state index is 0.160. The molecular weight excluding hydrogens is 474 g/mol. The summed E-state index contributed by atoms with van der Waals surface area (Å²) >= 11 is 7.55. The van der Waals surface area contributed by atoms with Gasteiger partial charge in [-0.3, -0.25) is 4.79 Å². The number of nitrogens with zero attached hydrogens (tertiary/aromatic N) is 2. The van der Waals surface area contributed by atoms with Crippen molar-refractivity contribution in [2.75, 3.05) is 0 Å². The molecule has 35 heavy (non-hydrogen) atoms. The van der Waals surface area contributed by atoms with Gasteiger partial charge in [-0.25, -0.2) is 4.99 Å². The lowest BCUT2D eigenvalue weighted by Crippen LogP contribution is -2.19. The molecule has 0 bridgehead atoms. The van der Waals surface area contributed by atoms with Gasteiger partial charge >= 0.3 is 0 Å². The number of aliphatic imine (C=N–C) groups is 1. The highest BCUT2D eigenvalue weighted by Crippen LogP contribution is 2.33. The molecule has 0 unspecified atom stereocenters. The zero-order chi connectivity index (χ0) is 23.8. The molecule has 1 aliphatic heterocycles. The van der Waals surface area contributed by atoms with Crippen LogP contribution in [0.2, 0.25) is 5.02 Å². The van der Waals surface area contributed by atoms with Crippen LogP contribution in [0.25, 0.3) is 27.8 Å². The van der Waals surface area contributed by atoms with Crippen molar-refractivity contribution in [2.45, 2.75) is 6.54 Å². The SMILES string of the molecule is O=C1NC(=Nc2ccccc2Cl)S/C1=C/c1cn(Cc2ccc3ccccc3c2)c2ccccc12. The Kier molecular flexibility index (Phi) is 5.64. The van der Waals surface area contributed by atoms with Gasteiger partial charge in [-0.2, -0.15) is 0 Å². The van der Waals surface area contributed by atoms with Crippen LogP contribution in [0.3, 0.4) is 0 Å². The van der Waals surface area contributed by atoms with Gasteiger partial charge in [0.05, 0.1) is 15.6 Å². The minimum atomic E-state index is -0.160. The predicted octanol–water partition coefficient (Wildman–Crippen LogP) is 7.39. The molecule has 1 aromatic heterocycles. The second-order valence-electron chi connectivity index (χ2n) is 8.34. The normalized spacial score (nSPS) is 16.0. The zero-order valence-corrected chi connectivity index (χ0v) is 20.2. The number of nitrogens with one attached hydrogen (secondary N) is 1. The fourth-order valence-electron chi connectivity index (χ4n) is 4.33. The molecule has 1 N–H and O–H groups in total. The van der Waals surface area contributed by atoms with Crippen molar-refractivity contribution in [3.05, 3.63) is 118 Å². The number of rotatable bonds is 4. The van der Waals surface area contributed by atoms with E-state index in [-0.39, 0.29) is 5.91 Å². The number of benzene rings is 4. The van der Waals surface area contributed by atoms with Gasteiger partial charge in [-0.1, -0.05) is 78.3 Å². The van der Waals surface area contributed by atoms with Crippen LogP contribution in [-0.2, 0) is 11.3 Å². The first-order valence-electron chi connectivity index (χ1n) is 11.2. The number of para-hydroxylation sites is 2. The smallest absolute Gasteiger partial charge is 0.264 e. The monoisotopic (exact) mass is 493 g/mol. The summed E-state index contributed by atoms with van der Waals surface area (Å²) in [5.74, 6) is -0.160. The summed E-state index contributed by atoms with van der Waals surface area (Å²) in [5, 5.41) is 7.49. The van der Waals surface area contributed by atoms with Gasteiger partial charge in [0.1, 0.15) is 0 Å². The van der Waals surface area contributed by atoms with Crippen LogP contribution in [0.15, 0.2) is 107 Å². The Morgan fingerprint density at radius 3 is 2.57 bits per heavy atom. The molecule has 0 spiro atoms. The first-order chi connectivity index (χ1) is 17.1. The summed E-state index contributed by atoms with van der Waals surface area (Å²) in [5.41, 5.74) is 3.98. The molecule has 0 saturated carbocycles. The van der Waals surface area contributed by atoms with Crippen molar-refractivity contribution in [2.24, 2.45) is 4.99 Å². The lowest BCUT2D eigenvalue weighted by atomic mass is 10.1. The summed E-state index contributed by atoms with van der Waals surface area (Å²) in [4.78, 5) is 17.8. The van der Waals surface area contributed by atoms with Crippen molar-refractivity contribution in [3.63, 3.8) is 0 Å². The molecular formula is C29H20ClN3OS. The van der Waals surface area contributed by atoms with E-state index in [1.807, 2.05) is 36.4 Å². The number of fused-ring (bicyclic) bond motifs is 2. The molecule has 5 aromatic rings. The van der Waals surface area contributed by atoms with Gasteiger partial charge in [0, 0.05) is 29.2 Å². The van der Waals surface area contributed by atoms with Crippen molar-refractivity contribution in [3.8, 4) is 0 Å². The van der Waals surface area contributed by atoms with Gasteiger partial charge in [0.15, 0.2) is 5.17 Å². The van der Waals surface area contributed by atoms with Crippen LogP contribution in [-0.4, -0.2) is 15.6 Å². The highest BCUT2D eigenvalue weighted by atomic mass is 35.5. The number of thioether (sulfide) groups is 1. The van der Waals surface area contributed by atoms with Crippen molar-refractivity contribution < 1.29 is 4.79 Å². The van der Waals surface area contributed by atoms with Gasteiger partial charge < -0.3 is 9.88 Å². The molecule has 1 fully saturated rings. The molecule has 4 aromatic carbocycles. The Labute approximate surface area is 211 Å². The van der Waals surface area contributed by atoms with Crippen molar-refractivity contribution in [1.29, 1.82) is 0 Å². The molecule has 4 nitrogen and oxygen atoms in total. The highest BCUT2D eigenvalue weighted by molar-refractivity contribution is 8.18. The molecule has 2 heterocycles. The Morgan fingerprint density at radius 1 is 0.914 bits per heavy atom. The Hall–Kier alpha value is -3.80. The number of halogens is 1. The zero-order valence-electron chi connectivity index (χ0n) is 18.6. The lowest BCUT2D eigenvalue weighted by Gasteiger charge is -2.07. The Balaban J connectivity index is 1.34. The number of carbonyl (C=O) groups excluding carboxylic acids is 1. The molecule has 6 rings (SSSR count). The maximum absolute atomic E-state index is 12.7. The highest BCUT2D eigenvalue weighted by Gasteiger charge is 2.24. The third-order valence-corrected chi connectivity index (χ3v) is 7.23. The molecule has 6 heteroatoms. The number of carbonyl (C=O) groups is 1. The first-order valence-corrected chi connectivity index (χ1v) is 12.4. The summed E-state index contributed by atoms with van der Waals surface area (Å²) < 4.78 is 2.24. The van der Waals surface area contributed by atoms with Crippen LogP contribution in [0.4, 0.5) is 5.69 Å². The van der Waals surface area contributed by atoms with E-state index < -0.39 is 0 Å². The van der Waals surface area contributed by atoms with Crippen LogP contribution in [0.5, 0.6) is 0 Å². The molecule has 1 saturated heterocycles. The summed E-state index contributed by atoms with van der Waals surface area (Å²) in [6.45, 7) is 0.743. The maximum atomic E-state index is 12.7. The van der Waals surface area contributed by atoms with Crippen molar-refractivity contribution >= 4 is 67.9 Å². The predicted molar refractivity (Wildman–Crippen MR) is 147 cm³/mol. The van der Waals surface area contributed by atoms with Crippen LogP contribution >= 0.6 is 23.4 Å². The van der Waals surface area contributed by atoms with E-state index in [9.17, 15) is 4.79 Å². The van der Waals surface area contributed by atoms with E-state index in [0.717, 1.165) is 23.0 Å². The second-order valence-corrected chi connectivity index (χ2v) is 9.78. The quantitative estimate of drug-likeness (QED) is 0.265. The van der Waals surface area contributed by atoms with Crippen LogP contribution < -0.4 is 5.32 Å². The molecule has 0 aliphatic carbocycles. The maximum Gasteiger partial charge on any atom is 0.264 e. The fourth-order valence-corrected chi connectivity index (χ4v) is 5.33. The number of hydrogen-bond donors (Lipinski definition) is 1. The van der Waals surface area contributed by atoms with Crippen LogP contribution in [0, 0.1) is 0 Å². The van der Waals surface area contributed by atoms with Crippen LogP contribution in [0.1, 0.15) is 11.1 Å². The standard InChI is InChI=1S/C29H20ClN3OS/c30-24-10-4-5-11-25(24)31-29-32-28(34)27(35-29)16-22-18-33(26-12-6-3-9-23(22)26)17-19-13-14-20-7-1-2-8-21(20)15-19/h1-16,18H,17H2,(H,31,32,34)/b27-16+. The third kappa shape index (κ3) is 4.36. The van der Waals surface area contributed by atoms with Gasteiger partial charge in [-0.15, -0.1) is 0 Å². The van der Waals surface area contributed by atoms with E-state index in [4.69, 9.17) is 11.6 Å². The van der Waals surface area contributed by atoms with E-state index in [0.29, 0.717) is 20.8 Å². The molecule has 1 aliphatic rings. The van der Waals surface area contributed by atoms with Gasteiger partial charge in [0.25, 0.3) is 5.91 Å². The number of amidine groups is 1. The number of amides is 1. The first kappa shape index (κ1) is 21.7. The largest absolute Gasteiger partial charge is 0.342 e. The molecule has 170 valence electrons. The van der Waals surface area contributed by atoms with Crippen molar-refractivity contribution in [1.82, 2.24) is 9.88 Å². The minimum Gasteiger partial charge on any atom is -0.342 e. The van der Waals surface area contributed by atoms with E-state index in [2.05, 4.69) is 75.7 Å². The fraction of sp³-hybridized carbons (Fsp3) is 0.0345. The van der Waals surface area contributed by atoms with E-state index in [1.54, 1.807) is 6.07 Å². The topological polar surface area (TPSA) is 46.4 Å². The van der Waals surface area contributed by atoms with Gasteiger partial charge in [-0.05, 0) is 58.4 Å². The number of aromatic nitrogens is 1. The van der Waals surface area contributed by atoms with Gasteiger partial charge in [0.2, 0.25) is 0 Å². The molecule has 0 radical (unpaired) electrons. The summed E-state index contributed by atoms with van der Waals surface area (Å²) in [6.07, 6.45) is 4.05. The summed E-state index contributed by atoms with van der Waals surface area (Å²) in [7, 11) is 0. The molecule has 1 amide bonds. The number of hydrogen-bond acceptors (Lipinski definition) is 3. The van der Waals surface area contributed by atoms with E-state index >= 15 is 0 Å². The average molecular weight is 494 g/mol. The lowest BCUT2D eigenvalue weighted by molar-refractivity contribution is -0.115. The Morgan fingerprint density at radius 2 is 1.69 bits per heavy atom. The third-order valence-electron chi connectivity index (χ3n) is 6.00.